The summed E-state index contributed by atoms with van der Waals surface area (Å²) in [6.07, 6.45) is 3.25. The van der Waals surface area contributed by atoms with Gasteiger partial charge in [0, 0.05) is 43.6 Å². The van der Waals surface area contributed by atoms with Crippen LogP contribution in [0.25, 0.3) is 5.69 Å². The van der Waals surface area contributed by atoms with Crippen LogP contribution in [-0.4, -0.2) is 42.2 Å². The molecule has 8 nitrogen and oxygen atoms in total. The Morgan fingerprint density at radius 3 is 2.81 bits per heavy atom. The van der Waals surface area contributed by atoms with E-state index in [-0.39, 0.29) is 17.5 Å². The Bertz CT molecular complexity index is 1130. The van der Waals surface area contributed by atoms with Crippen LogP contribution >= 0.6 is 0 Å². The van der Waals surface area contributed by atoms with E-state index in [1.807, 2.05) is 36.1 Å². The first-order valence-corrected chi connectivity index (χ1v) is 10.1. The molecule has 31 heavy (non-hydrogen) atoms. The second kappa shape index (κ2) is 9.11. The average Bonchev–Trinajstić information content (AvgIpc) is 2.80. The first kappa shape index (κ1) is 20.8. The van der Waals surface area contributed by atoms with Crippen molar-refractivity contribution in [3.8, 4) is 5.69 Å². The molecule has 8 heteroatoms. The van der Waals surface area contributed by atoms with Crippen LogP contribution in [0.5, 0.6) is 0 Å². The second-order valence-corrected chi connectivity index (χ2v) is 7.43. The Kier molecular flexibility index (Phi) is 6.11. The highest BCUT2D eigenvalue weighted by molar-refractivity contribution is 5.94. The highest BCUT2D eigenvalue weighted by atomic mass is 16.6. The Morgan fingerprint density at radius 2 is 2.03 bits per heavy atom. The highest BCUT2D eigenvalue weighted by Crippen LogP contribution is 2.20. The van der Waals surface area contributed by atoms with Gasteiger partial charge in [-0.3, -0.25) is 19.0 Å². The van der Waals surface area contributed by atoms with Crippen molar-refractivity contribution in [2.45, 2.75) is 13.0 Å². The van der Waals surface area contributed by atoms with Crippen LogP contribution in [-0.2, 0) is 4.84 Å². The number of carbonyl (C=O) groups is 1. The number of carbonyl (C=O) groups excluding carboxylic acids is 1. The molecule has 1 aromatic heterocycles. The summed E-state index contributed by atoms with van der Waals surface area (Å²) in [5.41, 5.74) is 5.17. The number of anilines is 1. The van der Waals surface area contributed by atoms with Gasteiger partial charge in [0.15, 0.2) is 5.82 Å². The predicted octanol–water partition coefficient (Wildman–Crippen LogP) is 1.98. The van der Waals surface area contributed by atoms with E-state index in [9.17, 15) is 9.59 Å². The van der Waals surface area contributed by atoms with Gasteiger partial charge in [0.05, 0.1) is 12.8 Å². The molecule has 0 spiro atoms. The molecule has 4 rings (SSSR count). The van der Waals surface area contributed by atoms with Gasteiger partial charge < -0.3 is 10.2 Å². The van der Waals surface area contributed by atoms with Crippen LogP contribution in [0.3, 0.4) is 0 Å². The van der Waals surface area contributed by atoms with Gasteiger partial charge in [0.2, 0.25) is 0 Å². The summed E-state index contributed by atoms with van der Waals surface area (Å²) in [4.78, 5) is 36.7. The molecule has 1 aliphatic heterocycles. The number of hydrogen-bond acceptors (Lipinski definition) is 6. The molecule has 0 radical (unpaired) electrons. The monoisotopic (exact) mass is 419 g/mol. The molecular formula is C23H25N5O3. The van der Waals surface area contributed by atoms with E-state index in [0.29, 0.717) is 30.2 Å². The van der Waals surface area contributed by atoms with Gasteiger partial charge in [-0.2, -0.15) is 0 Å². The Labute approximate surface area is 180 Å². The highest BCUT2D eigenvalue weighted by Gasteiger charge is 2.24. The predicted molar refractivity (Wildman–Crippen MR) is 118 cm³/mol. The fourth-order valence-electron chi connectivity index (χ4n) is 3.82. The maximum absolute atomic E-state index is 13.4. The van der Waals surface area contributed by atoms with E-state index in [0.717, 1.165) is 12.1 Å². The summed E-state index contributed by atoms with van der Waals surface area (Å²) in [5.74, 6) is 0.0231. The van der Waals surface area contributed by atoms with Crippen molar-refractivity contribution in [2.24, 2.45) is 0 Å². The molecule has 1 saturated heterocycles. The standard InChI is InChI=1S/C23H25N5O3/c1-16-8-9-18(22(29)26-31-2)14-20(16)28-13-11-25-21(23(28)30)27-12-10-24-19(15-27)17-6-4-3-5-7-17/h3-9,11,13-14,19,24H,10,12,15H2,1-2H3,(H,26,29). The molecule has 3 aromatic rings. The minimum Gasteiger partial charge on any atom is -0.349 e. The van der Waals surface area contributed by atoms with E-state index in [2.05, 4.69) is 27.9 Å². The maximum Gasteiger partial charge on any atom is 0.298 e. The summed E-state index contributed by atoms with van der Waals surface area (Å²) >= 11 is 0. The fraction of sp³-hybridized carbons (Fsp3) is 0.261. The number of nitrogens with one attached hydrogen (secondary N) is 2. The number of hydrogen-bond donors (Lipinski definition) is 2. The van der Waals surface area contributed by atoms with Crippen molar-refractivity contribution >= 4 is 11.7 Å². The van der Waals surface area contributed by atoms with Gasteiger partial charge in [0.1, 0.15) is 0 Å². The molecule has 2 heterocycles. The average molecular weight is 419 g/mol. The van der Waals surface area contributed by atoms with E-state index in [4.69, 9.17) is 4.84 Å². The molecule has 2 N–H and O–H groups in total. The molecule has 1 unspecified atom stereocenters. The molecular weight excluding hydrogens is 394 g/mol. The van der Waals surface area contributed by atoms with Crippen molar-refractivity contribution < 1.29 is 9.63 Å². The number of rotatable bonds is 5. The maximum atomic E-state index is 13.4. The van der Waals surface area contributed by atoms with Gasteiger partial charge >= 0.3 is 0 Å². The molecule has 0 aliphatic carbocycles. The van der Waals surface area contributed by atoms with Gasteiger partial charge in [-0.1, -0.05) is 36.4 Å². The molecule has 0 saturated carbocycles. The van der Waals surface area contributed by atoms with Crippen molar-refractivity contribution in [1.29, 1.82) is 0 Å². The van der Waals surface area contributed by atoms with E-state index >= 15 is 0 Å². The van der Waals surface area contributed by atoms with Crippen LogP contribution in [0, 0.1) is 6.92 Å². The van der Waals surface area contributed by atoms with Crippen LogP contribution in [0.1, 0.15) is 27.5 Å². The number of hydroxylamine groups is 1. The van der Waals surface area contributed by atoms with E-state index < -0.39 is 0 Å². The Balaban J connectivity index is 1.67. The lowest BCUT2D eigenvalue weighted by Gasteiger charge is -2.34. The summed E-state index contributed by atoms with van der Waals surface area (Å²) in [7, 11) is 1.38. The molecule has 0 bridgehead atoms. The third-order valence-electron chi connectivity index (χ3n) is 5.43. The van der Waals surface area contributed by atoms with Crippen LogP contribution in [0.15, 0.2) is 65.7 Å². The normalized spacial score (nSPS) is 16.2. The number of piperazine rings is 1. The first-order chi connectivity index (χ1) is 15.1. The lowest BCUT2D eigenvalue weighted by atomic mass is 10.0. The van der Waals surface area contributed by atoms with Crippen molar-refractivity contribution in [2.75, 3.05) is 31.6 Å². The topological polar surface area (TPSA) is 88.5 Å². The third kappa shape index (κ3) is 4.35. The number of amides is 1. The molecule has 1 atom stereocenters. The number of aryl methyl sites for hydroxylation is 1. The van der Waals surface area contributed by atoms with Gasteiger partial charge in [0.25, 0.3) is 11.5 Å². The zero-order valence-electron chi connectivity index (χ0n) is 17.5. The van der Waals surface area contributed by atoms with E-state index in [1.54, 1.807) is 29.1 Å². The molecule has 1 amide bonds. The molecule has 1 fully saturated rings. The largest absolute Gasteiger partial charge is 0.349 e. The van der Waals surface area contributed by atoms with Gasteiger partial charge in [-0.25, -0.2) is 10.5 Å². The number of aromatic nitrogens is 2. The molecule has 2 aromatic carbocycles. The second-order valence-electron chi connectivity index (χ2n) is 7.43. The van der Waals surface area contributed by atoms with Crippen LogP contribution in [0.4, 0.5) is 5.82 Å². The lowest BCUT2D eigenvalue weighted by Crippen LogP contribution is -2.48. The van der Waals surface area contributed by atoms with Crippen molar-refractivity contribution in [1.82, 2.24) is 20.3 Å². The van der Waals surface area contributed by atoms with E-state index in [1.165, 1.54) is 12.7 Å². The van der Waals surface area contributed by atoms with Crippen LogP contribution in [0.2, 0.25) is 0 Å². The van der Waals surface area contributed by atoms with Crippen molar-refractivity contribution in [3.05, 3.63) is 88.0 Å². The summed E-state index contributed by atoms with van der Waals surface area (Å²) in [5, 5.41) is 3.51. The van der Waals surface area contributed by atoms with Crippen molar-refractivity contribution in [3.63, 3.8) is 0 Å². The molecule has 160 valence electrons. The fourth-order valence-corrected chi connectivity index (χ4v) is 3.82. The summed E-state index contributed by atoms with van der Waals surface area (Å²) < 4.78 is 1.54. The quantitative estimate of drug-likeness (QED) is 0.615. The van der Waals surface area contributed by atoms with Gasteiger partial charge in [-0.15, -0.1) is 0 Å². The first-order valence-electron chi connectivity index (χ1n) is 10.1. The zero-order chi connectivity index (χ0) is 21.8. The number of nitrogens with zero attached hydrogens (tertiary/aromatic N) is 3. The minimum atomic E-state index is -0.376. The minimum absolute atomic E-state index is 0.118. The SMILES string of the molecule is CONC(=O)c1ccc(C)c(-n2ccnc(N3CCNC(c4ccccc4)C3)c2=O)c1. The summed E-state index contributed by atoms with van der Waals surface area (Å²) in [6.45, 7) is 3.98. The third-order valence-corrected chi connectivity index (χ3v) is 5.43. The Hall–Kier alpha value is -3.49. The zero-order valence-corrected chi connectivity index (χ0v) is 17.5. The van der Waals surface area contributed by atoms with Gasteiger partial charge in [-0.05, 0) is 30.2 Å². The molecule has 1 aliphatic rings. The Morgan fingerprint density at radius 1 is 1.23 bits per heavy atom. The van der Waals surface area contributed by atoms with Crippen LogP contribution < -0.4 is 21.3 Å². The number of benzene rings is 2. The summed E-state index contributed by atoms with van der Waals surface area (Å²) in [6, 6.07) is 15.5. The smallest absolute Gasteiger partial charge is 0.298 e. The lowest BCUT2D eigenvalue weighted by molar-refractivity contribution is 0.0537.